The van der Waals surface area contributed by atoms with Crippen LogP contribution in [0, 0.1) is 10.8 Å². The molecule has 33 heavy (non-hydrogen) atoms. The number of nitrogens with zero attached hydrogens (tertiary/aromatic N) is 5. The molecule has 1 saturated heterocycles. The largest absolute Gasteiger partial charge is 0.493 e. The number of pyridine rings is 1. The molecule has 8 heteroatoms. The van der Waals surface area contributed by atoms with Gasteiger partial charge in [-0.2, -0.15) is 0 Å². The smallest absolute Gasteiger partial charge is 0.296 e. The first kappa shape index (κ1) is 22.2. The third-order valence-electron chi connectivity index (χ3n) is 6.97. The van der Waals surface area contributed by atoms with Gasteiger partial charge in [0, 0.05) is 34.8 Å². The molecule has 2 aliphatic rings. The number of fused-ring (bicyclic) bond motifs is 3. The number of carbonyl (C=O) groups is 1. The van der Waals surface area contributed by atoms with Crippen molar-refractivity contribution in [3.63, 3.8) is 0 Å². The van der Waals surface area contributed by atoms with E-state index in [-0.39, 0.29) is 5.88 Å². The maximum atomic E-state index is 12.4. The normalized spacial score (nSPS) is 24.7. The first-order chi connectivity index (χ1) is 15.6. The Morgan fingerprint density at radius 3 is 2.85 bits per heavy atom. The number of aromatic hydroxyl groups is 1. The number of carbonyl (C=O) groups excluding carboxylic acids is 1. The standard InChI is InChI=1S/C25H28BrN5O2/c1-24(2)10-18-11-25(3,13-24)14-30(18)15-31-20-7-6-17(26)9-19(20)21(23(31)33)28-29-22(32)16-5-4-8-27-12-16/h4-9,12,18,33H,10-11,13-15H2,1-3H3/t18-,25+/m1/s1. The summed E-state index contributed by atoms with van der Waals surface area (Å²) in [6, 6.07) is 9.63. The summed E-state index contributed by atoms with van der Waals surface area (Å²) in [6.07, 6.45) is 6.61. The number of azo groups is 1. The fourth-order valence-electron chi connectivity index (χ4n) is 6.10. The average molecular weight is 510 g/mol. The molecule has 2 atom stereocenters. The summed E-state index contributed by atoms with van der Waals surface area (Å²) in [5.74, 6) is -0.474. The summed E-state index contributed by atoms with van der Waals surface area (Å²) in [5, 5.41) is 20.0. The zero-order valence-corrected chi connectivity index (χ0v) is 20.7. The molecule has 172 valence electrons. The van der Waals surface area contributed by atoms with E-state index in [4.69, 9.17) is 0 Å². The molecule has 1 N–H and O–H groups in total. The third kappa shape index (κ3) is 4.22. The quantitative estimate of drug-likeness (QED) is 0.419. The monoisotopic (exact) mass is 509 g/mol. The average Bonchev–Trinajstić information content (AvgIpc) is 3.15. The van der Waals surface area contributed by atoms with Gasteiger partial charge in [0.05, 0.1) is 17.7 Å². The molecule has 7 nitrogen and oxygen atoms in total. The molecule has 2 aromatic heterocycles. The van der Waals surface area contributed by atoms with Crippen LogP contribution in [-0.2, 0) is 6.67 Å². The lowest BCUT2D eigenvalue weighted by atomic mass is 9.65. The minimum absolute atomic E-state index is 0.0247. The fraction of sp³-hybridized carbons (Fsp3) is 0.440. The van der Waals surface area contributed by atoms with E-state index in [1.165, 1.54) is 19.0 Å². The topological polar surface area (TPSA) is 83.1 Å². The van der Waals surface area contributed by atoms with Crippen molar-refractivity contribution >= 4 is 38.4 Å². The van der Waals surface area contributed by atoms with Crippen LogP contribution in [0.15, 0.2) is 57.4 Å². The molecule has 0 radical (unpaired) electrons. The number of hydrogen-bond acceptors (Lipinski definition) is 5. The van der Waals surface area contributed by atoms with Crippen molar-refractivity contribution in [2.75, 3.05) is 6.54 Å². The molecule has 1 aliphatic heterocycles. The van der Waals surface area contributed by atoms with E-state index in [1.54, 1.807) is 18.3 Å². The molecule has 2 bridgehead atoms. The molecule has 5 rings (SSSR count). The molecule has 1 saturated carbocycles. The first-order valence-corrected chi connectivity index (χ1v) is 12.0. The van der Waals surface area contributed by atoms with Crippen LogP contribution in [0.3, 0.4) is 0 Å². The predicted octanol–water partition coefficient (Wildman–Crippen LogP) is 6.29. The Bertz CT molecular complexity index is 1250. The summed E-state index contributed by atoms with van der Waals surface area (Å²) in [4.78, 5) is 18.9. The lowest BCUT2D eigenvalue weighted by molar-refractivity contribution is 0.0994. The van der Waals surface area contributed by atoms with Gasteiger partial charge in [0.2, 0.25) is 5.88 Å². The van der Waals surface area contributed by atoms with Gasteiger partial charge in [0.25, 0.3) is 5.91 Å². The molecule has 1 amide bonds. The third-order valence-corrected chi connectivity index (χ3v) is 7.46. The van der Waals surface area contributed by atoms with E-state index in [2.05, 4.69) is 56.8 Å². The second kappa shape index (κ2) is 8.02. The maximum Gasteiger partial charge on any atom is 0.296 e. The van der Waals surface area contributed by atoms with Crippen molar-refractivity contribution in [1.82, 2.24) is 14.5 Å². The fourth-order valence-corrected chi connectivity index (χ4v) is 6.46. The molecule has 1 aliphatic carbocycles. The molecule has 1 aromatic carbocycles. The lowest BCUT2D eigenvalue weighted by Crippen LogP contribution is -2.35. The van der Waals surface area contributed by atoms with Crippen molar-refractivity contribution in [3.8, 4) is 5.88 Å². The van der Waals surface area contributed by atoms with Crippen LogP contribution in [0.5, 0.6) is 5.88 Å². The summed E-state index contributed by atoms with van der Waals surface area (Å²) < 4.78 is 2.76. The molecule has 0 unspecified atom stereocenters. The van der Waals surface area contributed by atoms with Gasteiger partial charge in [-0.1, -0.05) is 36.7 Å². The minimum Gasteiger partial charge on any atom is -0.493 e. The Balaban J connectivity index is 1.50. The van der Waals surface area contributed by atoms with Crippen LogP contribution in [-0.4, -0.2) is 38.1 Å². The van der Waals surface area contributed by atoms with Crippen LogP contribution in [0.2, 0.25) is 0 Å². The number of halogens is 1. The van der Waals surface area contributed by atoms with Crippen molar-refractivity contribution < 1.29 is 9.90 Å². The summed E-state index contributed by atoms with van der Waals surface area (Å²) >= 11 is 3.51. The number of rotatable bonds is 4. The summed E-state index contributed by atoms with van der Waals surface area (Å²) in [5.41, 5.74) is 2.14. The Morgan fingerprint density at radius 1 is 1.27 bits per heavy atom. The molecular formula is C25H28BrN5O2. The maximum absolute atomic E-state index is 12.4. The summed E-state index contributed by atoms with van der Waals surface area (Å²) in [7, 11) is 0. The predicted molar refractivity (Wildman–Crippen MR) is 131 cm³/mol. The number of amides is 1. The van der Waals surface area contributed by atoms with Crippen molar-refractivity contribution in [3.05, 3.63) is 52.8 Å². The van der Waals surface area contributed by atoms with Crippen LogP contribution >= 0.6 is 15.9 Å². The van der Waals surface area contributed by atoms with Crippen LogP contribution < -0.4 is 0 Å². The van der Waals surface area contributed by atoms with Crippen LogP contribution in [0.4, 0.5) is 5.69 Å². The van der Waals surface area contributed by atoms with E-state index in [1.807, 2.05) is 22.8 Å². The van der Waals surface area contributed by atoms with E-state index >= 15 is 0 Å². The van der Waals surface area contributed by atoms with Crippen molar-refractivity contribution in [2.45, 2.75) is 52.7 Å². The Labute approximate surface area is 201 Å². The number of aromatic nitrogens is 2. The van der Waals surface area contributed by atoms with Gasteiger partial charge in [-0.3, -0.25) is 19.2 Å². The van der Waals surface area contributed by atoms with E-state index < -0.39 is 5.91 Å². The molecule has 0 spiro atoms. The number of likely N-dealkylation sites (tertiary alicyclic amines) is 1. The van der Waals surface area contributed by atoms with E-state index in [0.29, 0.717) is 34.8 Å². The van der Waals surface area contributed by atoms with Crippen molar-refractivity contribution in [2.24, 2.45) is 21.1 Å². The van der Waals surface area contributed by atoms with Gasteiger partial charge < -0.3 is 5.11 Å². The first-order valence-electron chi connectivity index (χ1n) is 11.3. The highest BCUT2D eigenvalue weighted by Gasteiger charge is 2.49. The summed E-state index contributed by atoms with van der Waals surface area (Å²) in [6.45, 7) is 8.69. The van der Waals surface area contributed by atoms with Crippen LogP contribution in [0.1, 0.15) is 50.4 Å². The van der Waals surface area contributed by atoms with Gasteiger partial charge >= 0.3 is 0 Å². The van der Waals surface area contributed by atoms with Crippen LogP contribution in [0.25, 0.3) is 10.9 Å². The molecular weight excluding hydrogens is 482 g/mol. The Kier molecular flexibility index (Phi) is 5.40. The van der Waals surface area contributed by atoms with Gasteiger partial charge in [-0.25, -0.2) is 0 Å². The molecule has 2 fully saturated rings. The second-order valence-electron chi connectivity index (χ2n) is 10.6. The SMILES string of the molecule is CC1(C)C[C@@H]2C[C@](C)(CN2Cn2c(O)c(N=NC(=O)c3cccnc3)c3cc(Br)ccc32)C1. The van der Waals surface area contributed by atoms with Gasteiger partial charge in [-0.15, -0.1) is 10.2 Å². The number of benzene rings is 1. The Hall–Kier alpha value is -2.58. The van der Waals surface area contributed by atoms with Gasteiger partial charge in [0.15, 0.2) is 5.69 Å². The zero-order chi connectivity index (χ0) is 23.4. The minimum atomic E-state index is -0.498. The second-order valence-corrected chi connectivity index (χ2v) is 11.5. The number of hydrogen-bond donors (Lipinski definition) is 1. The Morgan fingerprint density at radius 2 is 2.09 bits per heavy atom. The van der Waals surface area contributed by atoms with E-state index in [9.17, 15) is 9.90 Å². The lowest BCUT2D eigenvalue weighted by Gasteiger charge is -2.40. The van der Waals surface area contributed by atoms with Gasteiger partial charge in [0.1, 0.15) is 0 Å². The van der Waals surface area contributed by atoms with Gasteiger partial charge in [-0.05, 0) is 60.4 Å². The molecule has 3 aromatic rings. The van der Waals surface area contributed by atoms with Crippen molar-refractivity contribution in [1.29, 1.82) is 0 Å². The molecule has 3 heterocycles. The zero-order valence-electron chi connectivity index (χ0n) is 19.1. The van der Waals surface area contributed by atoms with E-state index in [0.717, 1.165) is 28.3 Å². The highest BCUT2D eigenvalue weighted by Crippen LogP contribution is 2.53. The highest BCUT2D eigenvalue weighted by atomic mass is 79.9. The highest BCUT2D eigenvalue weighted by molar-refractivity contribution is 9.10.